The molecule has 25 heavy (non-hydrogen) atoms. The first kappa shape index (κ1) is 18.1. The van der Waals surface area contributed by atoms with Crippen molar-refractivity contribution in [1.82, 2.24) is 19.9 Å². The molecule has 0 aliphatic heterocycles. The minimum atomic E-state index is -2.69. The first-order valence-corrected chi connectivity index (χ1v) is 8.68. The third-order valence-corrected chi connectivity index (χ3v) is 5.03. The van der Waals surface area contributed by atoms with Crippen LogP contribution in [0.3, 0.4) is 0 Å². The number of rotatable bonds is 4. The number of nitrogens with one attached hydrogen (secondary N) is 1. The molecule has 0 saturated heterocycles. The highest BCUT2D eigenvalue weighted by Gasteiger charge is 2.39. The molecule has 136 valence electrons. The van der Waals surface area contributed by atoms with Crippen molar-refractivity contribution in [2.24, 2.45) is 5.92 Å². The van der Waals surface area contributed by atoms with Crippen LogP contribution in [0.1, 0.15) is 43.1 Å². The van der Waals surface area contributed by atoms with Gasteiger partial charge in [-0.15, -0.1) is 11.6 Å². The van der Waals surface area contributed by atoms with Gasteiger partial charge in [-0.25, -0.2) is 23.1 Å². The van der Waals surface area contributed by atoms with Crippen LogP contribution in [0.4, 0.5) is 13.6 Å². The zero-order valence-corrected chi connectivity index (χ0v) is 14.6. The molecule has 2 heterocycles. The van der Waals surface area contributed by atoms with Crippen molar-refractivity contribution in [2.75, 3.05) is 0 Å². The monoisotopic (exact) mass is 392 g/mol. The van der Waals surface area contributed by atoms with Crippen LogP contribution in [0.15, 0.2) is 12.3 Å². The number of hydrogen-bond acceptors (Lipinski definition) is 3. The second-order valence-electron chi connectivity index (χ2n) is 6.16. The van der Waals surface area contributed by atoms with E-state index >= 15 is 0 Å². The predicted molar refractivity (Wildman–Crippen MR) is 88.4 cm³/mol. The molecule has 3 rings (SSSR count). The van der Waals surface area contributed by atoms with Crippen molar-refractivity contribution in [2.45, 2.75) is 43.5 Å². The molecule has 6 nitrogen and oxygen atoms in total. The number of amides is 1. The van der Waals surface area contributed by atoms with Gasteiger partial charge in [-0.1, -0.05) is 11.6 Å². The summed E-state index contributed by atoms with van der Waals surface area (Å²) in [7, 11) is 0. The molecule has 1 saturated carbocycles. The molecule has 10 heteroatoms. The summed E-state index contributed by atoms with van der Waals surface area (Å²) in [5.74, 6) is -2.83. The molecule has 0 spiro atoms. The van der Waals surface area contributed by atoms with Gasteiger partial charge in [-0.2, -0.15) is 5.10 Å². The smallest absolute Gasteiger partial charge is 0.405 e. The Bertz CT molecular complexity index is 789. The van der Waals surface area contributed by atoms with Gasteiger partial charge in [0.15, 0.2) is 5.65 Å². The Morgan fingerprint density at radius 1 is 1.48 bits per heavy atom. The Morgan fingerprint density at radius 3 is 2.76 bits per heavy atom. The van der Waals surface area contributed by atoms with Gasteiger partial charge in [0.25, 0.3) is 0 Å². The van der Waals surface area contributed by atoms with Crippen LogP contribution in [0, 0.1) is 5.92 Å². The molecule has 2 aromatic rings. The number of hydrogen-bond donors (Lipinski definition) is 2. The van der Waals surface area contributed by atoms with Gasteiger partial charge >= 0.3 is 6.09 Å². The maximum atomic E-state index is 13.4. The number of aromatic nitrogens is 3. The summed E-state index contributed by atoms with van der Waals surface area (Å²) in [6, 6.07) is 0.899. The van der Waals surface area contributed by atoms with Gasteiger partial charge in [0, 0.05) is 18.9 Å². The van der Waals surface area contributed by atoms with Crippen LogP contribution in [0.25, 0.3) is 5.65 Å². The zero-order valence-electron chi connectivity index (χ0n) is 13.1. The maximum absolute atomic E-state index is 13.4. The second-order valence-corrected chi connectivity index (χ2v) is 6.84. The van der Waals surface area contributed by atoms with Gasteiger partial charge in [0.1, 0.15) is 0 Å². The van der Waals surface area contributed by atoms with E-state index in [1.807, 2.05) is 0 Å². The van der Waals surface area contributed by atoms with E-state index in [-0.39, 0.29) is 37.5 Å². The van der Waals surface area contributed by atoms with Gasteiger partial charge in [0.2, 0.25) is 5.92 Å². The van der Waals surface area contributed by atoms with Crippen molar-refractivity contribution < 1.29 is 18.7 Å². The van der Waals surface area contributed by atoms with Crippen molar-refractivity contribution in [1.29, 1.82) is 0 Å². The fourth-order valence-electron chi connectivity index (χ4n) is 3.16. The Balaban J connectivity index is 1.93. The van der Waals surface area contributed by atoms with Crippen LogP contribution >= 0.6 is 23.2 Å². The number of alkyl halides is 3. The van der Waals surface area contributed by atoms with Crippen LogP contribution in [-0.4, -0.2) is 31.7 Å². The number of carboxylic acid groups (broad SMARTS) is 1. The molecule has 0 radical (unpaired) electrons. The summed E-state index contributed by atoms with van der Waals surface area (Å²) in [5.41, 5.74) is 1.33. The van der Waals surface area contributed by atoms with Crippen molar-refractivity contribution in [3.8, 4) is 0 Å². The van der Waals surface area contributed by atoms with Gasteiger partial charge in [-0.3, -0.25) is 0 Å². The topological polar surface area (TPSA) is 79.5 Å². The van der Waals surface area contributed by atoms with Crippen LogP contribution in [0.5, 0.6) is 0 Å². The highest BCUT2D eigenvalue weighted by atomic mass is 35.5. The molecule has 1 atom stereocenters. The van der Waals surface area contributed by atoms with E-state index < -0.39 is 18.1 Å². The SMILES string of the molecule is O=C(O)N[C@H](c1cn2nc(CCl)c(Cl)cc2n1)C1CCC(F)(F)CC1. The molecule has 2 aromatic heterocycles. The molecular formula is C15H16Cl2F2N4O2. The van der Waals surface area contributed by atoms with E-state index in [0.717, 1.165) is 0 Å². The Kier molecular flexibility index (Phi) is 5.02. The average molecular weight is 393 g/mol. The summed E-state index contributed by atoms with van der Waals surface area (Å²) < 4.78 is 28.3. The molecular weight excluding hydrogens is 377 g/mol. The Hall–Kier alpha value is -1.67. The lowest BCUT2D eigenvalue weighted by Gasteiger charge is -2.32. The fourth-order valence-corrected chi connectivity index (χ4v) is 3.63. The van der Waals surface area contributed by atoms with Crippen molar-refractivity contribution >= 4 is 34.9 Å². The summed E-state index contributed by atoms with van der Waals surface area (Å²) >= 11 is 11.8. The molecule has 1 aliphatic carbocycles. The van der Waals surface area contributed by atoms with Crippen LogP contribution < -0.4 is 5.32 Å². The average Bonchev–Trinajstić information content (AvgIpc) is 2.94. The molecule has 0 aromatic carbocycles. The predicted octanol–water partition coefficient (Wildman–Crippen LogP) is 4.26. The lowest BCUT2D eigenvalue weighted by atomic mass is 9.81. The number of halogens is 4. The van der Waals surface area contributed by atoms with Gasteiger partial charge in [-0.05, 0) is 18.8 Å². The number of nitrogens with zero attached hydrogens (tertiary/aromatic N) is 3. The highest BCUT2D eigenvalue weighted by molar-refractivity contribution is 6.32. The van der Waals surface area contributed by atoms with Gasteiger partial charge in [0.05, 0.1) is 34.5 Å². The Labute approximate surface area is 152 Å². The number of carbonyl (C=O) groups is 1. The molecule has 1 amide bonds. The summed E-state index contributed by atoms with van der Waals surface area (Å²) in [4.78, 5) is 15.5. The highest BCUT2D eigenvalue weighted by Crippen LogP contribution is 2.41. The zero-order chi connectivity index (χ0) is 18.2. The largest absolute Gasteiger partial charge is 0.465 e. The summed E-state index contributed by atoms with van der Waals surface area (Å²) in [6.45, 7) is 0. The first-order chi connectivity index (χ1) is 11.8. The summed E-state index contributed by atoms with van der Waals surface area (Å²) in [5, 5.41) is 16.1. The maximum Gasteiger partial charge on any atom is 0.405 e. The summed E-state index contributed by atoms with van der Waals surface area (Å²) in [6.07, 6.45) is 0.258. The first-order valence-electron chi connectivity index (χ1n) is 7.77. The van der Waals surface area contributed by atoms with E-state index in [2.05, 4.69) is 15.4 Å². The van der Waals surface area contributed by atoms with E-state index in [0.29, 0.717) is 22.1 Å². The Morgan fingerprint density at radius 2 is 2.16 bits per heavy atom. The molecule has 0 unspecified atom stereocenters. The standard InChI is InChI=1S/C15H16Cl2F2N4O2/c16-6-10-9(17)5-12-20-11(7-23(12)22-10)13(21-14(24)25)8-1-3-15(18,19)4-2-8/h5,7-8,13,21H,1-4,6H2,(H,24,25)/t13-/m0/s1. The quantitative estimate of drug-likeness (QED) is 0.761. The van der Waals surface area contributed by atoms with E-state index in [9.17, 15) is 13.6 Å². The second kappa shape index (κ2) is 6.92. The van der Waals surface area contributed by atoms with E-state index in [1.165, 1.54) is 4.52 Å². The van der Waals surface area contributed by atoms with E-state index in [1.54, 1.807) is 12.3 Å². The number of imidazole rings is 1. The van der Waals surface area contributed by atoms with Gasteiger partial charge < -0.3 is 10.4 Å². The van der Waals surface area contributed by atoms with E-state index in [4.69, 9.17) is 28.3 Å². The minimum absolute atomic E-state index is 0.122. The lowest BCUT2D eigenvalue weighted by molar-refractivity contribution is -0.0495. The van der Waals surface area contributed by atoms with Crippen LogP contribution in [-0.2, 0) is 5.88 Å². The molecule has 1 fully saturated rings. The molecule has 2 N–H and O–H groups in total. The normalized spacial score (nSPS) is 19.0. The third-order valence-electron chi connectivity index (χ3n) is 4.45. The third kappa shape index (κ3) is 3.95. The molecule has 1 aliphatic rings. The van der Waals surface area contributed by atoms with Crippen molar-refractivity contribution in [3.63, 3.8) is 0 Å². The fraction of sp³-hybridized carbons (Fsp3) is 0.533. The minimum Gasteiger partial charge on any atom is -0.465 e. The number of fused-ring (bicyclic) bond motifs is 1. The van der Waals surface area contributed by atoms with Crippen molar-refractivity contribution in [3.05, 3.63) is 28.7 Å². The van der Waals surface area contributed by atoms with Crippen LogP contribution in [0.2, 0.25) is 5.02 Å². The molecule has 0 bridgehead atoms. The lowest BCUT2D eigenvalue weighted by Crippen LogP contribution is -2.36.